The van der Waals surface area contributed by atoms with E-state index in [-0.39, 0.29) is 5.82 Å². The molecule has 1 aliphatic heterocycles. The van der Waals surface area contributed by atoms with Crippen molar-refractivity contribution in [2.24, 2.45) is 0 Å². The molecule has 2 heterocycles. The van der Waals surface area contributed by atoms with Crippen LogP contribution in [0.1, 0.15) is 18.2 Å². The monoisotopic (exact) mass is 358 g/mol. The van der Waals surface area contributed by atoms with Gasteiger partial charge in [-0.05, 0) is 37.6 Å². The second-order valence-electron chi connectivity index (χ2n) is 5.63. The number of fused-ring (bicyclic) bond motifs is 1. The number of hydrogen-bond acceptors (Lipinski definition) is 7. The van der Waals surface area contributed by atoms with E-state index in [1.165, 1.54) is 13.0 Å². The Labute approximate surface area is 149 Å². The number of nitrogens with one attached hydrogen (secondary N) is 1. The second-order valence-corrected chi connectivity index (χ2v) is 5.63. The Bertz CT molecular complexity index is 842. The number of rotatable bonds is 5. The van der Waals surface area contributed by atoms with Crippen LogP contribution in [0.2, 0.25) is 0 Å². The summed E-state index contributed by atoms with van der Waals surface area (Å²) in [7, 11) is 0. The van der Waals surface area contributed by atoms with Gasteiger partial charge in [0.15, 0.2) is 23.4 Å². The van der Waals surface area contributed by atoms with E-state index in [1.807, 2.05) is 0 Å². The highest BCUT2D eigenvalue weighted by Gasteiger charge is 2.18. The third-order valence-corrected chi connectivity index (χ3v) is 3.52. The maximum Gasteiger partial charge on any atom is 0.331 e. The molecule has 0 saturated carbocycles. The van der Waals surface area contributed by atoms with Gasteiger partial charge in [0.25, 0.3) is 5.91 Å². The average molecular weight is 358 g/mol. The molecule has 8 nitrogen and oxygen atoms in total. The van der Waals surface area contributed by atoms with Crippen LogP contribution in [-0.4, -0.2) is 36.4 Å². The molecule has 0 saturated heterocycles. The number of anilines is 1. The zero-order chi connectivity index (χ0) is 18.5. The molecule has 0 fully saturated rings. The molecule has 0 spiro atoms. The van der Waals surface area contributed by atoms with Gasteiger partial charge in [-0.3, -0.25) is 4.79 Å². The predicted octanol–water partition coefficient (Wildman–Crippen LogP) is 2.34. The molecule has 3 rings (SSSR count). The summed E-state index contributed by atoms with van der Waals surface area (Å²) in [6.07, 6.45) is 1.84. The van der Waals surface area contributed by atoms with Crippen LogP contribution in [0.3, 0.4) is 0 Å². The number of carbonyl (C=O) groups is 2. The van der Waals surface area contributed by atoms with Crippen LogP contribution in [0.5, 0.6) is 11.5 Å². The lowest BCUT2D eigenvalue weighted by atomic mass is 10.2. The first kappa shape index (κ1) is 17.5. The van der Waals surface area contributed by atoms with Crippen molar-refractivity contribution in [1.29, 1.82) is 0 Å². The molecule has 1 amide bonds. The Morgan fingerprint density at radius 2 is 2.00 bits per heavy atom. The van der Waals surface area contributed by atoms with Gasteiger partial charge in [0, 0.05) is 12.1 Å². The number of aromatic nitrogens is 1. The number of amides is 1. The summed E-state index contributed by atoms with van der Waals surface area (Å²) in [5.41, 5.74) is 0.751. The Morgan fingerprint density at radius 3 is 2.73 bits per heavy atom. The van der Waals surface area contributed by atoms with Crippen molar-refractivity contribution in [3.63, 3.8) is 0 Å². The first-order valence-corrected chi connectivity index (χ1v) is 8.04. The van der Waals surface area contributed by atoms with Crippen molar-refractivity contribution < 1.29 is 28.3 Å². The molecular weight excluding hydrogens is 340 g/mol. The molecule has 26 heavy (non-hydrogen) atoms. The molecule has 1 atom stereocenters. The average Bonchev–Trinajstić information content (AvgIpc) is 3.04. The largest absolute Gasteiger partial charge is 0.486 e. The van der Waals surface area contributed by atoms with Crippen LogP contribution in [0.4, 0.5) is 5.82 Å². The van der Waals surface area contributed by atoms with Crippen molar-refractivity contribution in [2.75, 3.05) is 18.5 Å². The smallest absolute Gasteiger partial charge is 0.331 e. The molecule has 0 radical (unpaired) electrons. The Kier molecular flexibility index (Phi) is 5.21. The highest BCUT2D eigenvalue weighted by atomic mass is 16.6. The molecule has 1 aliphatic rings. The Hall–Kier alpha value is -3.29. The fourth-order valence-corrected chi connectivity index (χ4v) is 2.25. The van der Waals surface area contributed by atoms with Crippen molar-refractivity contribution in [2.45, 2.75) is 20.0 Å². The quantitative estimate of drug-likeness (QED) is 0.647. The minimum atomic E-state index is -0.982. The normalized spacial score (nSPS) is 14.1. The minimum Gasteiger partial charge on any atom is -0.486 e. The second kappa shape index (κ2) is 7.73. The molecule has 0 bridgehead atoms. The maximum atomic E-state index is 12.0. The number of aryl methyl sites for hydroxylation is 1. The third kappa shape index (κ3) is 4.41. The van der Waals surface area contributed by atoms with Gasteiger partial charge in [-0.25, -0.2) is 4.79 Å². The summed E-state index contributed by atoms with van der Waals surface area (Å²) < 4.78 is 20.8. The topological polar surface area (TPSA) is 99.9 Å². The molecule has 0 unspecified atom stereocenters. The highest BCUT2D eigenvalue weighted by molar-refractivity contribution is 5.96. The van der Waals surface area contributed by atoms with Crippen LogP contribution in [-0.2, 0) is 14.3 Å². The maximum absolute atomic E-state index is 12.0. The zero-order valence-corrected chi connectivity index (χ0v) is 14.4. The molecule has 2 aromatic rings. The van der Waals surface area contributed by atoms with E-state index in [0.717, 1.165) is 5.56 Å². The molecule has 1 aromatic heterocycles. The minimum absolute atomic E-state index is 0.266. The van der Waals surface area contributed by atoms with Crippen LogP contribution in [0.25, 0.3) is 6.08 Å². The van der Waals surface area contributed by atoms with Gasteiger partial charge < -0.3 is 24.1 Å². The molecule has 1 aromatic carbocycles. The first-order chi connectivity index (χ1) is 12.5. The van der Waals surface area contributed by atoms with Gasteiger partial charge in [0.2, 0.25) is 0 Å². The fraction of sp³-hybridized carbons (Fsp3) is 0.278. The number of esters is 1. The summed E-state index contributed by atoms with van der Waals surface area (Å²) >= 11 is 0. The highest BCUT2D eigenvalue weighted by Crippen LogP contribution is 2.31. The predicted molar refractivity (Wildman–Crippen MR) is 91.9 cm³/mol. The van der Waals surface area contributed by atoms with E-state index in [9.17, 15) is 9.59 Å². The van der Waals surface area contributed by atoms with Crippen LogP contribution >= 0.6 is 0 Å². The molecule has 136 valence electrons. The number of nitrogens with zero attached hydrogens (tertiary/aromatic N) is 1. The number of ether oxygens (including phenoxy) is 3. The van der Waals surface area contributed by atoms with Gasteiger partial charge >= 0.3 is 5.97 Å². The van der Waals surface area contributed by atoms with Gasteiger partial charge in [-0.15, -0.1) is 0 Å². The van der Waals surface area contributed by atoms with E-state index >= 15 is 0 Å². The SMILES string of the molecule is Cc1cc(NC(=O)[C@@H](C)OC(=O)/C=C/c2ccc3c(c2)OCCO3)no1. The van der Waals surface area contributed by atoms with E-state index < -0.39 is 18.0 Å². The third-order valence-electron chi connectivity index (χ3n) is 3.52. The van der Waals surface area contributed by atoms with Crippen LogP contribution in [0, 0.1) is 6.92 Å². The first-order valence-electron chi connectivity index (χ1n) is 8.04. The van der Waals surface area contributed by atoms with Crippen LogP contribution in [0.15, 0.2) is 34.9 Å². The molecule has 1 N–H and O–H groups in total. The van der Waals surface area contributed by atoms with E-state index in [0.29, 0.717) is 30.5 Å². The van der Waals surface area contributed by atoms with Crippen molar-refractivity contribution in [1.82, 2.24) is 5.16 Å². The lowest BCUT2D eigenvalue weighted by Gasteiger charge is -2.18. The lowest BCUT2D eigenvalue weighted by molar-refractivity contribution is -0.148. The Balaban J connectivity index is 1.54. The van der Waals surface area contributed by atoms with Gasteiger partial charge in [-0.1, -0.05) is 11.2 Å². The summed E-state index contributed by atoms with van der Waals surface area (Å²) in [4.78, 5) is 23.9. The van der Waals surface area contributed by atoms with Gasteiger partial charge in [0.05, 0.1) is 0 Å². The van der Waals surface area contributed by atoms with Crippen molar-refractivity contribution in [3.05, 3.63) is 41.7 Å². The lowest BCUT2D eigenvalue weighted by Crippen LogP contribution is -2.29. The summed E-state index contributed by atoms with van der Waals surface area (Å²) in [5, 5.41) is 6.15. The van der Waals surface area contributed by atoms with E-state index in [4.69, 9.17) is 18.7 Å². The van der Waals surface area contributed by atoms with E-state index in [2.05, 4.69) is 10.5 Å². The van der Waals surface area contributed by atoms with Crippen LogP contribution < -0.4 is 14.8 Å². The fourth-order valence-electron chi connectivity index (χ4n) is 2.25. The molecular formula is C18H18N2O6. The van der Waals surface area contributed by atoms with Gasteiger partial charge in [0.1, 0.15) is 19.0 Å². The Morgan fingerprint density at radius 1 is 1.23 bits per heavy atom. The van der Waals surface area contributed by atoms with E-state index in [1.54, 1.807) is 37.3 Å². The van der Waals surface area contributed by atoms with Crippen molar-refractivity contribution in [3.8, 4) is 11.5 Å². The number of hydrogen-bond donors (Lipinski definition) is 1. The molecule has 0 aliphatic carbocycles. The number of carbonyl (C=O) groups excluding carboxylic acids is 2. The van der Waals surface area contributed by atoms with Gasteiger partial charge in [-0.2, -0.15) is 0 Å². The van der Waals surface area contributed by atoms with Crippen molar-refractivity contribution >= 4 is 23.8 Å². The number of benzene rings is 1. The summed E-state index contributed by atoms with van der Waals surface area (Å²) in [6.45, 7) is 4.18. The zero-order valence-electron chi connectivity index (χ0n) is 14.4. The summed E-state index contributed by atoms with van der Waals surface area (Å²) in [6, 6.07) is 6.89. The summed E-state index contributed by atoms with van der Waals surface area (Å²) in [5.74, 6) is 0.986. The molecule has 8 heteroatoms. The standard InChI is InChI=1S/C18H18N2O6/c1-11-9-16(20-26-11)19-18(22)12(2)25-17(21)6-4-13-3-5-14-15(10-13)24-8-7-23-14/h3-6,9-10,12H,7-8H2,1-2H3,(H,19,20,22)/b6-4+/t12-/m1/s1.